The lowest BCUT2D eigenvalue weighted by Gasteiger charge is -2.33. The van der Waals surface area contributed by atoms with E-state index >= 15 is 0 Å². The molecular formula is C17H24N2. The van der Waals surface area contributed by atoms with Gasteiger partial charge in [-0.25, -0.2) is 0 Å². The van der Waals surface area contributed by atoms with E-state index in [1.54, 1.807) is 0 Å². The average Bonchev–Trinajstić information content (AvgIpc) is 2.47. The molecule has 0 aliphatic carbocycles. The molecule has 2 heteroatoms. The number of rotatable bonds is 5. The number of nitrogens with zero attached hydrogens (tertiary/aromatic N) is 1. The Bertz CT molecular complexity index is 530. The second-order valence-electron chi connectivity index (χ2n) is 5.24. The summed E-state index contributed by atoms with van der Waals surface area (Å²) in [5, 5.41) is 2.60. The lowest BCUT2D eigenvalue weighted by Crippen LogP contribution is -2.36. The first kappa shape index (κ1) is 14.0. The van der Waals surface area contributed by atoms with Crippen molar-refractivity contribution >= 4 is 10.8 Å². The maximum absolute atomic E-state index is 6.05. The monoisotopic (exact) mass is 256 g/mol. The molecule has 0 saturated heterocycles. The molecule has 2 aromatic carbocycles. The van der Waals surface area contributed by atoms with E-state index in [0.717, 1.165) is 6.42 Å². The summed E-state index contributed by atoms with van der Waals surface area (Å²) in [6.45, 7) is 5.13. The highest BCUT2D eigenvalue weighted by atomic mass is 15.2. The Morgan fingerprint density at radius 2 is 1.79 bits per heavy atom. The van der Waals surface area contributed by atoms with Crippen molar-refractivity contribution in [1.29, 1.82) is 0 Å². The van der Waals surface area contributed by atoms with E-state index in [1.165, 1.54) is 16.3 Å². The third-order valence-corrected chi connectivity index (χ3v) is 4.18. The third-order valence-electron chi connectivity index (χ3n) is 4.18. The highest BCUT2D eigenvalue weighted by Gasteiger charge is 2.20. The lowest BCUT2D eigenvalue weighted by molar-refractivity contribution is 0.186. The Hall–Kier alpha value is -1.38. The van der Waals surface area contributed by atoms with Gasteiger partial charge in [0.2, 0.25) is 0 Å². The van der Waals surface area contributed by atoms with E-state index < -0.39 is 0 Å². The molecule has 2 rings (SSSR count). The van der Waals surface area contributed by atoms with Gasteiger partial charge in [0.05, 0.1) is 0 Å². The summed E-state index contributed by atoms with van der Waals surface area (Å²) >= 11 is 0. The number of hydrogen-bond donors (Lipinski definition) is 1. The van der Waals surface area contributed by atoms with Crippen LogP contribution in [0.5, 0.6) is 0 Å². The smallest absolute Gasteiger partial charge is 0.0476 e. The minimum atomic E-state index is 0.279. The molecule has 0 amide bonds. The standard InChI is InChI=1S/C17H24N2/c1-4-13(2)19(3)17(12-18)16-11-7-9-14-8-5-6-10-15(14)16/h5-11,13,17H,4,12,18H2,1-3H3. The maximum atomic E-state index is 6.05. The van der Waals surface area contributed by atoms with Crippen molar-refractivity contribution in [1.82, 2.24) is 4.90 Å². The van der Waals surface area contributed by atoms with Crippen molar-refractivity contribution < 1.29 is 0 Å². The first-order valence-electron chi connectivity index (χ1n) is 7.08. The van der Waals surface area contributed by atoms with Crippen LogP contribution in [0, 0.1) is 0 Å². The summed E-state index contributed by atoms with van der Waals surface area (Å²) in [5.74, 6) is 0. The molecule has 0 fully saturated rings. The molecule has 0 aromatic heterocycles. The fourth-order valence-corrected chi connectivity index (χ4v) is 2.65. The predicted octanol–water partition coefficient (Wildman–Crippen LogP) is 3.57. The molecule has 0 spiro atoms. The molecule has 19 heavy (non-hydrogen) atoms. The van der Waals surface area contributed by atoms with Crippen molar-refractivity contribution in [3.63, 3.8) is 0 Å². The Morgan fingerprint density at radius 3 is 2.47 bits per heavy atom. The zero-order chi connectivity index (χ0) is 13.8. The van der Waals surface area contributed by atoms with Crippen LogP contribution in [0.4, 0.5) is 0 Å². The number of likely N-dealkylation sites (N-methyl/N-ethyl adjacent to an activating group) is 1. The molecule has 2 N–H and O–H groups in total. The van der Waals surface area contributed by atoms with Gasteiger partial charge in [0, 0.05) is 18.6 Å². The van der Waals surface area contributed by atoms with Gasteiger partial charge >= 0.3 is 0 Å². The van der Waals surface area contributed by atoms with Gasteiger partial charge in [-0.1, -0.05) is 49.4 Å². The van der Waals surface area contributed by atoms with E-state index in [2.05, 4.69) is 68.3 Å². The van der Waals surface area contributed by atoms with Gasteiger partial charge in [-0.3, -0.25) is 4.90 Å². The molecule has 102 valence electrons. The van der Waals surface area contributed by atoms with Crippen molar-refractivity contribution in [3.05, 3.63) is 48.0 Å². The third kappa shape index (κ3) is 2.80. The van der Waals surface area contributed by atoms with Crippen molar-refractivity contribution in [2.24, 2.45) is 5.73 Å². The Labute approximate surface area is 116 Å². The normalized spacial score (nSPS) is 14.8. The van der Waals surface area contributed by atoms with Crippen LogP contribution in [-0.2, 0) is 0 Å². The lowest BCUT2D eigenvalue weighted by atomic mass is 9.97. The molecule has 0 heterocycles. The summed E-state index contributed by atoms with van der Waals surface area (Å²) in [7, 11) is 2.17. The number of fused-ring (bicyclic) bond motifs is 1. The molecule has 0 bridgehead atoms. The summed E-state index contributed by atoms with van der Waals surface area (Å²) in [4.78, 5) is 2.39. The van der Waals surface area contributed by atoms with E-state index in [4.69, 9.17) is 5.73 Å². The molecule has 0 radical (unpaired) electrons. The van der Waals surface area contributed by atoms with Gasteiger partial charge in [0.25, 0.3) is 0 Å². The van der Waals surface area contributed by atoms with Crippen LogP contribution < -0.4 is 5.73 Å². The van der Waals surface area contributed by atoms with Crippen LogP contribution in [0.2, 0.25) is 0 Å². The van der Waals surface area contributed by atoms with Crippen LogP contribution >= 0.6 is 0 Å². The number of hydrogen-bond acceptors (Lipinski definition) is 2. The average molecular weight is 256 g/mol. The quantitative estimate of drug-likeness (QED) is 0.886. The van der Waals surface area contributed by atoms with E-state index in [1.807, 2.05) is 0 Å². The summed E-state index contributed by atoms with van der Waals surface area (Å²) in [5.41, 5.74) is 7.38. The fraction of sp³-hybridized carbons (Fsp3) is 0.412. The zero-order valence-corrected chi connectivity index (χ0v) is 12.1. The minimum Gasteiger partial charge on any atom is -0.329 e. The number of benzene rings is 2. The van der Waals surface area contributed by atoms with Gasteiger partial charge in [0.15, 0.2) is 0 Å². The van der Waals surface area contributed by atoms with Gasteiger partial charge in [-0.05, 0) is 36.7 Å². The van der Waals surface area contributed by atoms with Crippen LogP contribution in [0.3, 0.4) is 0 Å². The molecule has 0 aliphatic heterocycles. The van der Waals surface area contributed by atoms with Crippen molar-refractivity contribution in [2.45, 2.75) is 32.4 Å². The molecule has 2 atom stereocenters. The van der Waals surface area contributed by atoms with Crippen LogP contribution in [0.25, 0.3) is 10.8 Å². The fourth-order valence-electron chi connectivity index (χ4n) is 2.65. The minimum absolute atomic E-state index is 0.279. The predicted molar refractivity (Wildman–Crippen MR) is 83.3 cm³/mol. The topological polar surface area (TPSA) is 29.3 Å². The van der Waals surface area contributed by atoms with Crippen molar-refractivity contribution in [2.75, 3.05) is 13.6 Å². The second-order valence-corrected chi connectivity index (χ2v) is 5.24. The van der Waals surface area contributed by atoms with E-state index in [-0.39, 0.29) is 6.04 Å². The Balaban J connectivity index is 2.46. The first-order chi connectivity index (χ1) is 9.19. The van der Waals surface area contributed by atoms with Gasteiger partial charge in [-0.15, -0.1) is 0 Å². The molecule has 2 nitrogen and oxygen atoms in total. The highest BCUT2D eigenvalue weighted by Crippen LogP contribution is 2.28. The second kappa shape index (κ2) is 6.18. The van der Waals surface area contributed by atoms with Gasteiger partial charge in [0.1, 0.15) is 0 Å². The zero-order valence-electron chi connectivity index (χ0n) is 12.1. The van der Waals surface area contributed by atoms with Crippen LogP contribution in [0.15, 0.2) is 42.5 Å². The number of nitrogens with two attached hydrogens (primary N) is 1. The highest BCUT2D eigenvalue weighted by molar-refractivity contribution is 5.86. The summed E-state index contributed by atoms with van der Waals surface area (Å²) in [6, 6.07) is 15.9. The Kier molecular flexibility index (Phi) is 4.56. The molecule has 2 aromatic rings. The summed E-state index contributed by atoms with van der Waals surface area (Å²) < 4.78 is 0. The molecular weight excluding hydrogens is 232 g/mol. The van der Waals surface area contributed by atoms with Gasteiger partial charge in [-0.2, -0.15) is 0 Å². The molecule has 2 unspecified atom stereocenters. The largest absolute Gasteiger partial charge is 0.329 e. The summed E-state index contributed by atoms with van der Waals surface area (Å²) in [6.07, 6.45) is 1.14. The maximum Gasteiger partial charge on any atom is 0.0476 e. The first-order valence-corrected chi connectivity index (χ1v) is 7.08. The van der Waals surface area contributed by atoms with Gasteiger partial charge < -0.3 is 5.73 Å². The SMILES string of the molecule is CCC(C)N(C)C(CN)c1cccc2ccccc12. The van der Waals surface area contributed by atoms with E-state index in [0.29, 0.717) is 12.6 Å². The van der Waals surface area contributed by atoms with Crippen LogP contribution in [0.1, 0.15) is 31.9 Å². The van der Waals surface area contributed by atoms with Crippen LogP contribution in [-0.4, -0.2) is 24.5 Å². The molecule has 0 aliphatic rings. The Morgan fingerprint density at radius 1 is 1.11 bits per heavy atom. The van der Waals surface area contributed by atoms with Crippen molar-refractivity contribution in [3.8, 4) is 0 Å². The van der Waals surface area contributed by atoms with E-state index in [9.17, 15) is 0 Å². The molecule has 0 saturated carbocycles.